The van der Waals surface area contributed by atoms with Crippen molar-refractivity contribution in [3.05, 3.63) is 54.1 Å². The Morgan fingerprint density at radius 1 is 1.31 bits per heavy atom. The van der Waals surface area contributed by atoms with Crippen LogP contribution in [0, 0.1) is 0 Å². The highest BCUT2D eigenvalue weighted by Crippen LogP contribution is 2.13. The smallest absolute Gasteiger partial charge is 0.125 e. The van der Waals surface area contributed by atoms with Crippen molar-refractivity contribution in [1.29, 1.82) is 0 Å². The Balaban J connectivity index is 2.19. The van der Waals surface area contributed by atoms with Gasteiger partial charge in [0.2, 0.25) is 0 Å². The van der Waals surface area contributed by atoms with E-state index in [9.17, 15) is 0 Å². The number of nitrogens with two attached hydrogens (primary N) is 1. The number of aromatic nitrogens is 2. The fraction of sp³-hybridized carbons (Fsp3) is 0.308. The third-order valence-corrected chi connectivity index (χ3v) is 2.71. The molecule has 0 unspecified atom stereocenters. The monoisotopic (exact) mass is 215 g/mol. The van der Waals surface area contributed by atoms with E-state index in [1.807, 2.05) is 30.6 Å². The molecule has 84 valence electrons. The average molecular weight is 215 g/mol. The van der Waals surface area contributed by atoms with Crippen LogP contribution in [0.2, 0.25) is 0 Å². The number of imidazole rings is 1. The van der Waals surface area contributed by atoms with E-state index in [1.165, 1.54) is 5.56 Å². The lowest BCUT2D eigenvalue weighted by atomic mass is 10.2. The lowest BCUT2D eigenvalue weighted by Crippen LogP contribution is -2.16. The minimum Gasteiger partial charge on any atom is -0.329 e. The van der Waals surface area contributed by atoms with Crippen LogP contribution in [0.15, 0.2) is 42.7 Å². The second kappa shape index (κ2) is 4.94. The molecule has 0 fully saturated rings. The summed E-state index contributed by atoms with van der Waals surface area (Å²) in [4.78, 5) is 4.32. The van der Waals surface area contributed by atoms with E-state index in [-0.39, 0.29) is 6.04 Å². The predicted molar refractivity (Wildman–Crippen MR) is 65.0 cm³/mol. The Labute approximate surface area is 95.9 Å². The van der Waals surface area contributed by atoms with E-state index in [4.69, 9.17) is 5.73 Å². The van der Waals surface area contributed by atoms with E-state index in [2.05, 4.69) is 28.6 Å². The van der Waals surface area contributed by atoms with E-state index >= 15 is 0 Å². The normalized spacial score (nSPS) is 12.6. The zero-order valence-electron chi connectivity index (χ0n) is 9.50. The van der Waals surface area contributed by atoms with Crippen molar-refractivity contribution in [3.63, 3.8) is 0 Å². The zero-order valence-corrected chi connectivity index (χ0v) is 9.50. The molecule has 3 heteroatoms. The van der Waals surface area contributed by atoms with Gasteiger partial charge in [-0.2, -0.15) is 0 Å². The Morgan fingerprint density at radius 3 is 2.75 bits per heavy atom. The third kappa shape index (κ3) is 2.31. The quantitative estimate of drug-likeness (QED) is 0.850. The maximum absolute atomic E-state index is 6.01. The van der Waals surface area contributed by atoms with Gasteiger partial charge in [-0.3, -0.25) is 0 Å². The molecule has 2 aromatic rings. The van der Waals surface area contributed by atoms with Gasteiger partial charge in [0.05, 0.1) is 6.04 Å². The molecule has 0 aliphatic carbocycles. The lowest BCUT2D eigenvalue weighted by Gasteiger charge is -2.12. The van der Waals surface area contributed by atoms with Crippen molar-refractivity contribution in [3.8, 4) is 0 Å². The summed E-state index contributed by atoms with van der Waals surface area (Å²) in [6.45, 7) is 2.91. The van der Waals surface area contributed by atoms with Gasteiger partial charge in [-0.15, -0.1) is 0 Å². The fourth-order valence-electron chi connectivity index (χ4n) is 1.75. The third-order valence-electron chi connectivity index (χ3n) is 2.71. The van der Waals surface area contributed by atoms with Crippen LogP contribution in [0.4, 0.5) is 0 Å². The van der Waals surface area contributed by atoms with Crippen molar-refractivity contribution >= 4 is 0 Å². The van der Waals surface area contributed by atoms with Crippen molar-refractivity contribution in [2.75, 3.05) is 0 Å². The van der Waals surface area contributed by atoms with Gasteiger partial charge in [-0.05, 0) is 12.0 Å². The van der Waals surface area contributed by atoms with Crippen LogP contribution in [-0.2, 0) is 6.54 Å². The molecule has 1 aromatic heterocycles. The van der Waals surface area contributed by atoms with Gasteiger partial charge >= 0.3 is 0 Å². The highest BCUT2D eigenvalue weighted by Gasteiger charge is 2.10. The van der Waals surface area contributed by atoms with Crippen LogP contribution in [0.25, 0.3) is 0 Å². The molecular formula is C13H17N3. The van der Waals surface area contributed by atoms with E-state index < -0.39 is 0 Å². The van der Waals surface area contributed by atoms with Gasteiger partial charge in [0.15, 0.2) is 0 Å². The van der Waals surface area contributed by atoms with Gasteiger partial charge in [-0.25, -0.2) is 4.98 Å². The molecule has 0 radical (unpaired) electrons. The Kier molecular flexibility index (Phi) is 3.37. The summed E-state index contributed by atoms with van der Waals surface area (Å²) in [7, 11) is 0. The second-order valence-corrected chi connectivity index (χ2v) is 3.91. The molecule has 1 aromatic carbocycles. The lowest BCUT2D eigenvalue weighted by molar-refractivity contribution is 0.598. The molecule has 0 saturated heterocycles. The van der Waals surface area contributed by atoms with Gasteiger partial charge in [0.25, 0.3) is 0 Å². The van der Waals surface area contributed by atoms with Crippen molar-refractivity contribution in [2.24, 2.45) is 5.73 Å². The highest BCUT2D eigenvalue weighted by molar-refractivity contribution is 5.16. The molecule has 1 atom stereocenters. The first kappa shape index (κ1) is 10.9. The molecule has 0 spiro atoms. The Bertz CT molecular complexity index is 433. The molecular weight excluding hydrogens is 198 g/mol. The highest BCUT2D eigenvalue weighted by atomic mass is 15.1. The van der Waals surface area contributed by atoms with Gasteiger partial charge < -0.3 is 10.3 Å². The summed E-state index contributed by atoms with van der Waals surface area (Å²) in [5.41, 5.74) is 7.28. The Morgan fingerprint density at radius 2 is 2.06 bits per heavy atom. The van der Waals surface area contributed by atoms with Crippen molar-refractivity contribution < 1.29 is 0 Å². The Hall–Kier alpha value is -1.61. The minimum absolute atomic E-state index is 0.0266. The largest absolute Gasteiger partial charge is 0.329 e. The molecule has 0 aliphatic rings. The molecule has 1 heterocycles. The number of hydrogen-bond acceptors (Lipinski definition) is 2. The molecule has 3 nitrogen and oxygen atoms in total. The maximum atomic E-state index is 6.01. The molecule has 16 heavy (non-hydrogen) atoms. The van der Waals surface area contributed by atoms with Gasteiger partial charge in [0, 0.05) is 18.9 Å². The van der Waals surface area contributed by atoms with Crippen molar-refractivity contribution in [2.45, 2.75) is 25.9 Å². The number of benzene rings is 1. The molecule has 0 bridgehead atoms. The van der Waals surface area contributed by atoms with E-state index in [0.29, 0.717) is 0 Å². The molecule has 2 rings (SSSR count). The van der Waals surface area contributed by atoms with Crippen LogP contribution >= 0.6 is 0 Å². The summed E-state index contributed by atoms with van der Waals surface area (Å²) >= 11 is 0. The standard InChI is InChI=1S/C13H17N3/c1-2-12(14)13-15-8-9-16(13)10-11-6-4-3-5-7-11/h3-9,12H,2,10,14H2,1H3/t12-/m0/s1. The fourth-order valence-corrected chi connectivity index (χ4v) is 1.75. The predicted octanol–water partition coefficient (Wildman–Crippen LogP) is 2.34. The minimum atomic E-state index is 0.0266. The van der Waals surface area contributed by atoms with Crippen LogP contribution < -0.4 is 5.73 Å². The summed E-state index contributed by atoms with van der Waals surface area (Å²) in [6, 6.07) is 10.4. The summed E-state index contributed by atoms with van der Waals surface area (Å²) < 4.78 is 2.11. The van der Waals surface area contributed by atoms with E-state index in [1.54, 1.807) is 0 Å². The SMILES string of the molecule is CC[C@H](N)c1nccn1Cc1ccccc1. The second-order valence-electron chi connectivity index (χ2n) is 3.91. The molecule has 0 saturated carbocycles. The summed E-state index contributed by atoms with van der Waals surface area (Å²) in [5.74, 6) is 0.964. The number of hydrogen-bond donors (Lipinski definition) is 1. The number of nitrogens with zero attached hydrogens (tertiary/aromatic N) is 2. The molecule has 0 aliphatic heterocycles. The average Bonchev–Trinajstić information content (AvgIpc) is 2.77. The van der Waals surface area contributed by atoms with Crippen LogP contribution in [0.1, 0.15) is 30.8 Å². The van der Waals surface area contributed by atoms with Gasteiger partial charge in [0.1, 0.15) is 5.82 Å². The van der Waals surface area contributed by atoms with E-state index in [0.717, 1.165) is 18.8 Å². The number of rotatable bonds is 4. The topological polar surface area (TPSA) is 43.8 Å². The summed E-state index contributed by atoms with van der Waals surface area (Å²) in [5, 5.41) is 0. The summed E-state index contributed by atoms with van der Waals surface area (Å²) in [6.07, 6.45) is 4.71. The van der Waals surface area contributed by atoms with Gasteiger partial charge in [-0.1, -0.05) is 37.3 Å². The van der Waals surface area contributed by atoms with Crippen LogP contribution in [-0.4, -0.2) is 9.55 Å². The van der Waals surface area contributed by atoms with Crippen molar-refractivity contribution in [1.82, 2.24) is 9.55 Å². The van der Waals surface area contributed by atoms with Crippen LogP contribution in [0.5, 0.6) is 0 Å². The first-order valence-corrected chi connectivity index (χ1v) is 5.61. The zero-order chi connectivity index (χ0) is 11.4. The first-order chi connectivity index (χ1) is 7.81. The molecule has 2 N–H and O–H groups in total. The maximum Gasteiger partial charge on any atom is 0.125 e. The molecule has 0 amide bonds. The first-order valence-electron chi connectivity index (χ1n) is 5.61. The van der Waals surface area contributed by atoms with Crippen LogP contribution in [0.3, 0.4) is 0 Å².